The first-order valence-corrected chi connectivity index (χ1v) is 9.15. The fourth-order valence-corrected chi connectivity index (χ4v) is 5.31. The summed E-state index contributed by atoms with van der Waals surface area (Å²) in [5.74, 6) is -1.41. The van der Waals surface area contributed by atoms with Gasteiger partial charge in [-0.3, -0.25) is 0 Å². The molecule has 138 valence electrons. The average molecular weight is 370 g/mol. The predicted octanol–water partition coefficient (Wildman–Crippen LogP) is 2.72. The summed E-state index contributed by atoms with van der Waals surface area (Å²) in [5, 5.41) is 20.4. The fourth-order valence-electron chi connectivity index (χ4n) is 5.31. The van der Waals surface area contributed by atoms with E-state index in [0.717, 1.165) is 16.7 Å². The van der Waals surface area contributed by atoms with Crippen LogP contribution in [0, 0.1) is 33.5 Å². The van der Waals surface area contributed by atoms with Crippen LogP contribution in [-0.4, -0.2) is 25.0 Å². The van der Waals surface area contributed by atoms with Crippen molar-refractivity contribution in [3.05, 3.63) is 60.2 Å². The molecule has 6 nitrogen and oxygen atoms in total. The van der Waals surface area contributed by atoms with Crippen LogP contribution in [0.15, 0.2) is 59.6 Å². The summed E-state index contributed by atoms with van der Waals surface area (Å²) >= 11 is 0. The average Bonchev–Trinajstić information content (AvgIpc) is 3.00. The van der Waals surface area contributed by atoms with Crippen LogP contribution in [0.3, 0.4) is 0 Å². The summed E-state index contributed by atoms with van der Waals surface area (Å²) in [7, 11) is 0. The normalized spacial score (nSPS) is 34.3. The van der Waals surface area contributed by atoms with E-state index < -0.39 is 22.2 Å². The summed E-state index contributed by atoms with van der Waals surface area (Å²) in [4.78, 5) is 4.33. The quantitative estimate of drug-likeness (QED) is 0.875. The molecule has 2 N–H and O–H groups in total. The van der Waals surface area contributed by atoms with Gasteiger partial charge in [-0.15, -0.1) is 0 Å². The number of nitriles is 2. The van der Waals surface area contributed by atoms with Crippen LogP contribution in [-0.2, 0) is 14.9 Å². The minimum Gasteiger partial charge on any atom is -0.386 e. The summed E-state index contributed by atoms with van der Waals surface area (Å²) in [6.07, 6.45) is 0. The molecule has 0 unspecified atom stereocenters. The zero-order chi connectivity index (χ0) is 19.6. The summed E-state index contributed by atoms with van der Waals surface area (Å²) in [6, 6.07) is 22.6. The van der Waals surface area contributed by atoms with Crippen molar-refractivity contribution in [2.24, 2.45) is 21.6 Å². The Bertz CT molecular complexity index is 1080. The molecule has 6 heteroatoms. The van der Waals surface area contributed by atoms with E-state index >= 15 is 0 Å². The number of benzene rings is 2. The second-order valence-electron chi connectivity index (χ2n) is 7.57. The molecule has 3 atom stereocenters. The summed E-state index contributed by atoms with van der Waals surface area (Å²) in [6.45, 7) is 2.50. The Morgan fingerprint density at radius 3 is 2.11 bits per heavy atom. The molecule has 3 aliphatic rings. The minimum absolute atomic E-state index is 0.105. The van der Waals surface area contributed by atoms with Crippen molar-refractivity contribution >= 4 is 5.84 Å². The zero-order valence-corrected chi connectivity index (χ0v) is 15.3. The number of nitrogens with zero attached hydrogens (tertiary/aromatic N) is 3. The molecule has 2 heterocycles. The maximum Gasteiger partial charge on any atom is 0.293 e. The molecular formula is C22H18N4O2. The van der Waals surface area contributed by atoms with E-state index in [9.17, 15) is 10.5 Å². The number of amidine groups is 1. The Morgan fingerprint density at radius 1 is 0.929 bits per heavy atom. The summed E-state index contributed by atoms with van der Waals surface area (Å²) in [5.41, 5.74) is 5.72. The standard InChI is InChI=1S/C22H18N4O2/c1-19(17-9-7-16(8-10-17)15-5-3-2-4-6-15)20(13-23)18(25)26-22(21(19,20)14-24)27-11-12-28-22/h2-10H,11-12H2,1H3,(H2,25,26)/t19-,20+,21-/m1/s1. The molecule has 2 aromatic rings. The molecule has 2 fully saturated rings. The van der Waals surface area contributed by atoms with Crippen LogP contribution >= 0.6 is 0 Å². The van der Waals surface area contributed by atoms with Crippen LogP contribution in [0.25, 0.3) is 11.1 Å². The Balaban J connectivity index is 1.65. The van der Waals surface area contributed by atoms with Crippen molar-refractivity contribution in [1.29, 1.82) is 10.5 Å². The molecule has 2 aliphatic heterocycles. The highest BCUT2D eigenvalue weighted by molar-refractivity contribution is 6.02. The lowest BCUT2D eigenvalue weighted by Crippen LogP contribution is -2.42. The molecule has 0 bridgehead atoms. The van der Waals surface area contributed by atoms with Gasteiger partial charge in [0.05, 0.1) is 25.4 Å². The van der Waals surface area contributed by atoms with Crippen molar-refractivity contribution in [3.8, 4) is 23.3 Å². The van der Waals surface area contributed by atoms with Gasteiger partial charge in [0.15, 0.2) is 10.8 Å². The third-order valence-corrected chi connectivity index (χ3v) is 6.71. The number of hydrogen-bond acceptors (Lipinski definition) is 6. The first kappa shape index (κ1) is 16.9. The molecule has 28 heavy (non-hydrogen) atoms. The van der Waals surface area contributed by atoms with E-state index in [0.29, 0.717) is 13.2 Å². The van der Waals surface area contributed by atoms with Crippen molar-refractivity contribution in [2.75, 3.05) is 13.2 Å². The second-order valence-corrected chi connectivity index (χ2v) is 7.57. The van der Waals surface area contributed by atoms with Gasteiger partial charge in [-0.2, -0.15) is 10.5 Å². The highest BCUT2D eigenvalue weighted by Gasteiger charge is 3.00. The smallest absolute Gasteiger partial charge is 0.293 e. The van der Waals surface area contributed by atoms with Gasteiger partial charge in [0.25, 0.3) is 5.91 Å². The Kier molecular flexibility index (Phi) is 3.15. The first-order chi connectivity index (χ1) is 13.5. The van der Waals surface area contributed by atoms with Crippen molar-refractivity contribution < 1.29 is 9.47 Å². The lowest BCUT2D eigenvalue weighted by atomic mass is 9.84. The number of rotatable bonds is 2. The monoisotopic (exact) mass is 370 g/mol. The maximum absolute atomic E-state index is 10.2. The molecule has 0 amide bonds. The van der Waals surface area contributed by atoms with E-state index in [-0.39, 0.29) is 5.84 Å². The van der Waals surface area contributed by atoms with Gasteiger partial charge in [0.2, 0.25) is 0 Å². The molecule has 1 saturated heterocycles. The van der Waals surface area contributed by atoms with Gasteiger partial charge < -0.3 is 15.2 Å². The Morgan fingerprint density at radius 2 is 1.54 bits per heavy atom. The summed E-state index contributed by atoms with van der Waals surface area (Å²) < 4.78 is 11.6. The largest absolute Gasteiger partial charge is 0.386 e. The van der Waals surface area contributed by atoms with Gasteiger partial charge in [-0.05, 0) is 16.7 Å². The third kappa shape index (κ3) is 1.51. The topological polar surface area (TPSA) is 104 Å². The van der Waals surface area contributed by atoms with Gasteiger partial charge in [0, 0.05) is 5.41 Å². The highest BCUT2D eigenvalue weighted by atomic mass is 16.8. The number of aliphatic imine (C=N–C) groups is 1. The molecular weight excluding hydrogens is 352 g/mol. The molecule has 1 saturated carbocycles. The molecule has 1 spiro atoms. The number of hydrogen-bond donors (Lipinski definition) is 1. The second kappa shape index (κ2) is 5.20. The molecule has 2 aromatic carbocycles. The van der Waals surface area contributed by atoms with E-state index in [1.807, 2.05) is 61.5 Å². The SMILES string of the molecule is C[C@@]1(c2ccc(-c3ccccc3)cc2)[C@]2(C#N)C(N)=NC3(OCCO3)[C@@]21C#N. The fraction of sp³-hybridized carbons (Fsp3) is 0.318. The number of fused-ring (bicyclic) bond motifs is 2. The van der Waals surface area contributed by atoms with Gasteiger partial charge in [0.1, 0.15) is 5.84 Å². The van der Waals surface area contributed by atoms with E-state index in [1.54, 1.807) is 0 Å². The zero-order valence-electron chi connectivity index (χ0n) is 15.3. The van der Waals surface area contributed by atoms with E-state index in [2.05, 4.69) is 17.1 Å². The predicted molar refractivity (Wildman–Crippen MR) is 102 cm³/mol. The highest BCUT2D eigenvalue weighted by Crippen LogP contribution is 2.85. The first-order valence-electron chi connectivity index (χ1n) is 9.15. The van der Waals surface area contributed by atoms with Crippen LogP contribution < -0.4 is 5.73 Å². The minimum atomic E-state index is -1.52. The van der Waals surface area contributed by atoms with E-state index in [4.69, 9.17) is 15.2 Å². The Hall–Kier alpha value is -3.19. The van der Waals surface area contributed by atoms with Gasteiger partial charge >= 0.3 is 0 Å². The van der Waals surface area contributed by atoms with Gasteiger partial charge in [-0.25, -0.2) is 4.99 Å². The third-order valence-electron chi connectivity index (χ3n) is 6.71. The van der Waals surface area contributed by atoms with E-state index in [1.165, 1.54) is 0 Å². The van der Waals surface area contributed by atoms with Crippen molar-refractivity contribution in [3.63, 3.8) is 0 Å². The number of nitrogens with two attached hydrogens (primary N) is 1. The molecule has 0 radical (unpaired) electrons. The molecule has 5 rings (SSSR count). The maximum atomic E-state index is 10.2. The van der Waals surface area contributed by atoms with Crippen LogP contribution in [0.1, 0.15) is 12.5 Å². The Labute approximate surface area is 162 Å². The lowest BCUT2D eigenvalue weighted by molar-refractivity contribution is -0.187. The lowest BCUT2D eigenvalue weighted by Gasteiger charge is -2.29. The van der Waals surface area contributed by atoms with Crippen LogP contribution in [0.2, 0.25) is 0 Å². The van der Waals surface area contributed by atoms with Crippen molar-refractivity contribution in [2.45, 2.75) is 18.2 Å². The van der Waals surface area contributed by atoms with Crippen molar-refractivity contribution in [1.82, 2.24) is 0 Å². The van der Waals surface area contributed by atoms with Crippen LogP contribution in [0.5, 0.6) is 0 Å². The molecule has 0 aromatic heterocycles. The van der Waals surface area contributed by atoms with Gasteiger partial charge in [-0.1, -0.05) is 61.5 Å². The number of ether oxygens (including phenoxy) is 2. The van der Waals surface area contributed by atoms with Crippen LogP contribution in [0.4, 0.5) is 0 Å². The molecule has 1 aliphatic carbocycles.